The molecule has 1 aromatic heterocycles. The molecule has 3 rings (SSSR count). The van der Waals surface area contributed by atoms with Crippen molar-refractivity contribution < 1.29 is 9.59 Å². The zero-order chi connectivity index (χ0) is 16.9. The summed E-state index contributed by atoms with van der Waals surface area (Å²) in [5.41, 5.74) is 6.85. The minimum atomic E-state index is -0.423. The molecular weight excluding hydrogens is 322 g/mol. The van der Waals surface area contributed by atoms with E-state index in [9.17, 15) is 9.59 Å². The van der Waals surface area contributed by atoms with Crippen LogP contribution in [0.15, 0.2) is 41.8 Å². The Morgan fingerprint density at radius 2 is 1.96 bits per heavy atom. The highest BCUT2D eigenvalue weighted by molar-refractivity contribution is 7.09. The van der Waals surface area contributed by atoms with Gasteiger partial charge in [0.2, 0.25) is 11.8 Å². The predicted octanol–water partition coefficient (Wildman–Crippen LogP) is 2.13. The molecule has 1 fully saturated rings. The maximum atomic E-state index is 12.2. The number of carbonyl (C=O) groups is 2. The Bertz CT molecular complexity index is 694. The van der Waals surface area contributed by atoms with Crippen molar-refractivity contribution in [1.82, 2.24) is 10.2 Å². The van der Waals surface area contributed by atoms with Crippen LogP contribution >= 0.6 is 11.3 Å². The largest absolute Gasteiger partial charge is 0.366 e. The van der Waals surface area contributed by atoms with Gasteiger partial charge in [0.25, 0.3) is 0 Å². The first kappa shape index (κ1) is 16.7. The van der Waals surface area contributed by atoms with Crippen LogP contribution in [0.1, 0.15) is 33.6 Å². The molecule has 0 atom stereocenters. The summed E-state index contributed by atoms with van der Waals surface area (Å²) in [6.07, 6.45) is 2.27. The Balaban J connectivity index is 1.54. The Hall–Kier alpha value is -2.18. The number of benzene rings is 1. The quantitative estimate of drug-likeness (QED) is 0.771. The number of rotatable bonds is 8. The normalized spacial score (nSPS) is 13.9. The number of amides is 2. The zero-order valence-corrected chi connectivity index (χ0v) is 14.2. The highest BCUT2D eigenvalue weighted by Gasteiger charge is 2.30. The molecule has 1 aromatic carbocycles. The predicted molar refractivity (Wildman–Crippen MR) is 94.6 cm³/mol. The lowest BCUT2D eigenvalue weighted by Crippen LogP contribution is -2.37. The van der Waals surface area contributed by atoms with Gasteiger partial charge in [0.05, 0.1) is 13.1 Å². The minimum absolute atomic E-state index is 0.0454. The van der Waals surface area contributed by atoms with Crippen molar-refractivity contribution in [3.05, 3.63) is 57.8 Å². The molecule has 5 nitrogen and oxygen atoms in total. The van der Waals surface area contributed by atoms with E-state index < -0.39 is 5.91 Å². The molecular formula is C18H21N3O2S. The first-order valence-electron chi connectivity index (χ1n) is 8.03. The highest BCUT2D eigenvalue weighted by atomic mass is 32.1. The van der Waals surface area contributed by atoms with Gasteiger partial charge in [-0.05, 0) is 42.0 Å². The first-order chi connectivity index (χ1) is 11.6. The molecule has 6 heteroatoms. The van der Waals surface area contributed by atoms with Gasteiger partial charge in [0.15, 0.2) is 0 Å². The second kappa shape index (κ2) is 7.59. The molecule has 0 bridgehead atoms. The van der Waals surface area contributed by atoms with Crippen LogP contribution < -0.4 is 11.1 Å². The van der Waals surface area contributed by atoms with Crippen molar-refractivity contribution in [2.45, 2.75) is 32.0 Å². The summed E-state index contributed by atoms with van der Waals surface area (Å²) >= 11 is 1.64. The number of nitrogens with zero attached hydrogens (tertiary/aromatic N) is 1. The molecule has 0 aliphatic heterocycles. The molecule has 1 aliphatic rings. The summed E-state index contributed by atoms with van der Waals surface area (Å²) < 4.78 is 0. The van der Waals surface area contributed by atoms with Crippen LogP contribution in [-0.4, -0.2) is 29.3 Å². The van der Waals surface area contributed by atoms with Gasteiger partial charge in [-0.3, -0.25) is 14.5 Å². The van der Waals surface area contributed by atoms with E-state index in [1.54, 1.807) is 23.5 Å². The van der Waals surface area contributed by atoms with Crippen molar-refractivity contribution >= 4 is 23.2 Å². The Kier molecular flexibility index (Phi) is 5.27. The van der Waals surface area contributed by atoms with E-state index in [-0.39, 0.29) is 5.91 Å². The van der Waals surface area contributed by atoms with Crippen LogP contribution in [0.3, 0.4) is 0 Å². The monoisotopic (exact) mass is 343 g/mol. The van der Waals surface area contributed by atoms with Crippen LogP contribution in [0.4, 0.5) is 0 Å². The van der Waals surface area contributed by atoms with Gasteiger partial charge < -0.3 is 11.1 Å². The SMILES string of the molecule is NC(=O)c1ccc(CN(CC(=O)NCc2cccs2)C2CC2)cc1. The maximum absolute atomic E-state index is 12.2. The first-order valence-corrected chi connectivity index (χ1v) is 8.91. The third-order valence-corrected chi connectivity index (χ3v) is 4.95. The van der Waals surface area contributed by atoms with Crippen LogP contribution in [0.25, 0.3) is 0 Å². The molecule has 3 N–H and O–H groups in total. The maximum Gasteiger partial charge on any atom is 0.248 e. The van der Waals surface area contributed by atoms with E-state index in [2.05, 4.69) is 10.2 Å². The van der Waals surface area contributed by atoms with Gasteiger partial charge in [0.1, 0.15) is 0 Å². The van der Waals surface area contributed by atoms with Crippen LogP contribution in [-0.2, 0) is 17.9 Å². The topological polar surface area (TPSA) is 75.4 Å². The van der Waals surface area contributed by atoms with Crippen molar-refractivity contribution in [1.29, 1.82) is 0 Å². The number of primary amides is 1. The number of thiophene rings is 1. The van der Waals surface area contributed by atoms with Gasteiger partial charge in [-0.2, -0.15) is 0 Å². The molecule has 1 aliphatic carbocycles. The number of hydrogen-bond acceptors (Lipinski definition) is 4. The fourth-order valence-electron chi connectivity index (χ4n) is 2.60. The van der Waals surface area contributed by atoms with E-state index in [1.165, 1.54) is 0 Å². The second-order valence-electron chi connectivity index (χ2n) is 6.05. The molecule has 2 aromatic rings. The molecule has 0 saturated heterocycles. The van der Waals surface area contributed by atoms with E-state index in [1.807, 2.05) is 29.6 Å². The van der Waals surface area contributed by atoms with Crippen molar-refractivity contribution in [3.63, 3.8) is 0 Å². The molecule has 0 radical (unpaired) electrons. The molecule has 0 unspecified atom stereocenters. The molecule has 0 spiro atoms. The third kappa shape index (κ3) is 4.66. The van der Waals surface area contributed by atoms with Crippen molar-refractivity contribution in [3.8, 4) is 0 Å². The Labute approximate surface area is 145 Å². The summed E-state index contributed by atoms with van der Waals surface area (Å²) in [6.45, 7) is 1.69. The number of hydrogen-bond donors (Lipinski definition) is 2. The minimum Gasteiger partial charge on any atom is -0.366 e. The fraction of sp³-hybridized carbons (Fsp3) is 0.333. The number of nitrogens with two attached hydrogens (primary N) is 1. The van der Waals surface area contributed by atoms with Gasteiger partial charge in [-0.1, -0.05) is 18.2 Å². The van der Waals surface area contributed by atoms with E-state index >= 15 is 0 Å². The zero-order valence-electron chi connectivity index (χ0n) is 13.4. The average molecular weight is 343 g/mol. The summed E-state index contributed by atoms with van der Waals surface area (Å²) in [5, 5.41) is 4.98. The summed E-state index contributed by atoms with van der Waals surface area (Å²) in [4.78, 5) is 26.7. The van der Waals surface area contributed by atoms with E-state index in [0.29, 0.717) is 31.2 Å². The lowest BCUT2D eigenvalue weighted by Gasteiger charge is -2.21. The second-order valence-corrected chi connectivity index (χ2v) is 7.09. The van der Waals surface area contributed by atoms with Gasteiger partial charge in [0, 0.05) is 23.0 Å². The third-order valence-electron chi connectivity index (χ3n) is 4.07. The summed E-state index contributed by atoms with van der Waals surface area (Å²) in [5.74, 6) is -0.377. The average Bonchev–Trinajstić information content (AvgIpc) is 3.29. The summed E-state index contributed by atoms with van der Waals surface area (Å²) in [6, 6.07) is 11.8. The van der Waals surface area contributed by atoms with Crippen molar-refractivity contribution in [2.75, 3.05) is 6.54 Å². The molecule has 2 amide bonds. The Morgan fingerprint density at radius 1 is 1.21 bits per heavy atom. The number of carbonyl (C=O) groups excluding carboxylic acids is 2. The summed E-state index contributed by atoms with van der Waals surface area (Å²) in [7, 11) is 0. The van der Waals surface area contributed by atoms with Crippen LogP contribution in [0.2, 0.25) is 0 Å². The number of nitrogens with one attached hydrogen (secondary N) is 1. The van der Waals surface area contributed by atoms with Gasteiger partial charge in [-0.25, -0.2) is 0 Å². The lowest BCUT2D eigenvalue weighted by atomic mass is 10.1. The van der Waals surface area contributed by atoms with E-state index in [4.69, 9.17) is 5.73 Å². The van der Waals surface area contributed by atoms with E-state index in [0.717, 1.165) is 23.3 Å². The van der Waals surface area contributed by atoms with Gasteiger partial charge >= 0.3 is 0 Å². The standard InChI is InChI=1S/C18H21N3O2S/c19-18(23)14-5-3-13(4-6-14)11-21(15-7-8-15)12-17(22)20-10-16-2-1-9-24-16/h1-6,9,15H,7-8,10-12H2,(H2,19,23)(H,20,22). The molecule has 24 heavy (non-hydrogen) atoms. The van der Waals surface area contributed by atoms with Gasteiger partial charge in [-0.15, -0.1) is 11.3 Å². The molecule has 1 saturated carbocycles. The van der Waals surface area contributed by atoms with Crippen LogP contribution in [0.5, 0.6) is 0 Å². The Morgan fingerprint density at radius 3 is 2.54 bits per heavy atom. The molecule has 126 valence electrons. The molecule has 1 heterocycles. The van der Waals surface area contributed by atoms with Crippen molar-refractivity contribution in [2.24, 2.45) is 5.73 Å². The smallest absolute Gasteiger partial charge is 0.248 e. The highest BCUT2D eigenvalue weighted by Crippen LogP contribution is 2.28. The fourth-order valence-corrected chi connectivity index (χ4v) is 3.25. The lowest BCUT2D eigenvalue weighted by molar-refractivity contribution is -0.122. The van der Waals surface area contributed by atoms with Crippen LogP contribution in [0, 0.1) is 0 Å².